The molecule has 0 saturated carbocycles. The van der Waals surface area contributed by atoms with Crippen molar-refractivity contribution in [1.82, 2.24) is 9.97 Å². The van der Waals surface area contributed by atoms with E-state index in [0.717, 1.165) is 33.6 Å². The highest BCUT2D eigenvalue weighted by molar-refractivity contribution is 5.93. The average Bonchev–Trinajstić information content (AvgIpc) is 3.35. The van der Waals surface area contributed by atoms with Crippen molar-refractivity contribution in [1.29, 1.82) is 0 Å². The highest BCUT2D eigenvalue weighted by Crippen LogP contribution is 2.52. The molecule has 0 aliphatic heterocycles. The van der Waals surface area contributed by atoms with Gasteiger partial charge in [-0.25, -0.2) is 9.97 Å². The Morgan fingerprint density at radius 1 is 0.378 bits per heavy atom. The minimum absolute atomic E-state index is 0.0277. The van der Waals surface area contributed by atoms with Gasteiger partial charge in [0.1, 0.15) is 0 Å². The van der Waals surface area contributed by atoms with Gasteiger partial charge in [0.25, 0.3) is 0 Å². The lowest BCUT2D eigenvalue weighted by Gasteiger charge is -2.21. The standard InChI is InChI=1S/C43H32N2/c1-43(2)37-22-12-11-20-36(37)41-34(21-13-23-38(41)43)30-24-26-32(27-25-30)42-44-39(31-16-7-4-8-17-31)28-40(45-42)35-19-10-9-18-33(35)29-14-5-3-6-15-29/h3-28H,1-2H3. The second-order valence-corrected chi connectivity index (χ2v) is 12.2. The van der Waals surface area contributed by atoms with Crippen LogP contribution >= 0.6 is 0 Å². The van der Waals surface area contributed by atoms with Gasteiger partial charge >= 0.3 is 0 Å². The van der Waals surface area contributed by atoms with Gasteiger partial charge in [0.2, 0.25) is 0 Å². The van der Waals surface area contributed by atoms with Crippen molar-refractivity contribution >= 4 is 0 Å². The fraction of sp³-hybridized carbons (Fsp3) is 0.0698. The van der Waals surface area contributed by atoms with Gasteiger partial charge in [-0.1, -0.05) is 166 Å². The topological polar surface area (TPSA) is 25.8 Å². The van der Waals surface area contributed by atoms with Crippen LogP contribution in [-0.4, -0.2) is 9.97 Å². The zero-order valence-corrected chi connectivity index (χ0v) is 25.4. The smallest absolute Gasteiger partial charge is 0.160 e. The molecular weight excluding hydrogens is 544 g/mol. The van der Waals surface area contributed by atoms with E-state index >= 15 is 0 Å². The second kappa shape index (κ2) is 10.8. The number of hydrogen-bond acceptors (Lipinski definition) is 2. The third kappa shape index (κ3) is 4.67. The molecule has 2 heteroatoms. The molecule has 45 heavy (non-hydrogen) atoms. The number of rotatable bonds is 5. The van der Waals surface area contributed by atoms with E-state index in [0.29, 0.717) is 5.82 Å². The molecular formula is C43H32N2. The molecule has 8 rings (SSSR count). The summed E-state index contributed by atoms with van der Waals surface area (Å²) in [6.45, 7) is 4.66. The van der Waals surface area contributed by atoms with Crippen LogP contribution in [0.5, 0.6) is 0 Å². The first-order chi connectivity index (χ1) is 22.1. The minimum atomic E-state index is -0.0277. The number of fused-ring (bicyclic) bond motifs is 3. The molecule has 1 aromatic heterocycles. The summed E-state index contributed by atoms with van der Waals surface area (Å²) >= 11 is 0. The summed E-state index contributed by atoms with van der Waals surface area (Å²) in [7, 11) is 0. The highest BCUT2D eigenvalue weighted by Gasteiger charge is 2.36. The van der Waals surface area contributed by atoms with Crippen LogP contribution in [0.15, 0.2) is 158 Å². The quantitative estimate of drug-likeness (QED) is 0.204. The van der Waals surface area contributed by atoms with Crippen molar-refractivity contribution in [2.24, 2.45) is 0 Å². The van der Waals surface area contributed by atoms with Crippen molar-refractivity contribution in [2.45, 2.75) is 19.3 Å². The largest absolute Gasteiger partial charge is 0.228 e. The van der Waals surface area contributed by atoms with E-state index < -0.39 is 0 Å². The molecule has 1 heterocycles. The van der Waals surface area contributed by atoms with Gasteiger partial charge in [-0.3, -0.25) is 0 Å². The number of hydrogen-bond donors (Lipinski definition) is 0. The van der Waals surface area contributed by atoms with Gasteiger partial charge in [0.15, 0.2) is 5.82 Å². The second-order valence-electron chi connectivity index (χ2n) is 12.2. The van der Waals surface area contributed by atoms with E-state index in [4.69, 9.17) is 9.97 Å². The maximum Gasteiger partial charge on any atom is 0.160 e. The van der Waals surface area contributed by atoms with Crippen LogP contribution in [0.1, 0.15) is 25.0 Å². The Hall–Kier alpha value is -5.60. The first-order valence-electron chi connectivity index (χ1n) is 15.5. The molecule has 0 spiro atoms. The molecule has 0 bridgehead atoms. The molecule has 0 atom stereocenters. The predicted octanol–water partition coefficient (Wildman–Crippen LogP) is 11.1. The van der Waals surface area contributed by atoms with Crippen molar-refractivity contribution < 1.29 is 0 Å². The van der Waals surface area contributed by atoms with Crippen LogP contribution in [0.3, 0.4) is 0 Å². The fourth-order valence-corrected chi connectivity index (χ4v) is 6.84. The molecule has 0 saturated heterocycles. The van der Waals surface area contributed by atoms with Gasteiger partial charge < -0.3 is 0 Å². The zero-order chi connectivity index (χ0) is 30.4. The molecule has 0 fully saturated rings. The Bertz CT molecular complexity index is 2160. The Morgan fingerprint density at radius 3 is 1.62 bits per heavy atom. The minimum Gasteiger partial charge on any atom is -0.228 e. The van der Waals surface area contributed by atoms with Crippen LogP contribution in [0.2, 0.25) is 0 Å². The summed E-state index contributed by atoms with van der Waals surface area (Å²) in [6.07, 6.45) is 0. The highest BCUT2D eigenvalue weighted by atomic mass is 14.9. The Labute approximate surface area is 264 Å². The summed E-state index contributed by atoms with van der Waals surface area (Å²) in [5, 5.41) is 0. The zero-order valence-electron chi connectivity index (χ0n) is 25.4. The lowest BCUT2D eigenvalue weighted by Crippen LogP contribution is -2.14. The third-order valence-electron chi connectivity index (χ3n) is 9.15. The Morgan fingerprint density at radius 2 is 0.889 bits per heavy atom. The summed E-state index contributed by atoms with van der Waals surface area (Å²) in [4.78, 5) is 10.3. The fourth-order valence-electron chi connectivity index (χ4n) is 6.84. The number of nitrogens with zero attached hydrogens (tertiary/aromatic N) is 2. The van der Waals surface area contributed by atoms with Crippen LogP contribution in [-0.2, 0) is 5.41 Å². The van der Waals surface area contributed by atoms with E-state index in [1.165, 1.54) is 38.9 Å². The first kappa shape index (κ1) is 27.0. The number of aromatic nitrogens is 2. The summed E-state index contributed by atoms with van der Waals surface area (Å²) < 4.78 is 0. The van der Waals surface area contributed by atoms with Crippen molar-refractivity contribution in [3.63, 3.8) is 0 Å². The van der Waals surface area contributed by atoms with E-state index in [9.17, 15) is 0 Å². The monoisotopic (exact) mass is 576 g/mol. The van der Waals surface area contributed by atoms with Crippen LogP contribution in [0, 0.1) is 0 Å². The maximum absolute atomic E-state index is 5.18. The first-order valence-corrected chi connectivity index (χ1v) is 15.5. The maximum atomic E-state index is 5.18. The van der Waals surface area contributed by atoms with Crippen molar-refractivity contribution in [2.75, 3.05) is 0 Å². The van der Waals surface area contributed by atoms with Gasteiger partial charge in [-0.15, -0.1) is 0 Å². The van der Waals surface area contributed by atoms with Gasteiger partial charge in [-0.2, -0.15) is 0 Å². The molecule has 0 amide bonds. The van der Waals surface area contributed by atoms with E-state index in [-0.39, 0.29) is 5.41 Å². The third-order valence-corrected chi connectivity index (χ3v) is 9.15. The van der Waals surface area contributed by atoms with Crippen LogP contribution < -0.4 is 0 Å². The molecule has 1 aliphatic rings. The summed E-state index contributed by atoms with van der Waals surface area (Å²) in [5.74, 6) is 0.713. The molecule has 2 nitrogen and oxygen atoms in total. The normalized spacial score (nSPS) is 12.8. The molecule has 7 aromatic rings. The van der Waals surface area contributed by atoms with Crippen molar-refractivity contribution in [3.8, 4) is 67.3 Å². The predicted molar refractivity (Wildman–Crippen MR) is 187 cm³/mol. The molecule has 0 N–H and O–H groups in total. The Kier molecular flexibility index (Phi) is 6.50. The van der Waals surface area contributed by atoms with E-state index in [1.54, 1.807) is 0 Å². The average molecular weight is 577 g/mol. The number of benzene rings is 6. The van der Waals surface area contributed by atoms with E-state index in [2.05, 4.69) is 166 Å². The molecule has 214 valence electrons. The SMILES string of the molecule is CC1(C)c2ccccc2-c2c(-c3ccc(-c4nc(-c5ccccc5)cc(-c5ccccc5-c5ccccc5)n4)cc3)cccc21. The molecule has 1 aliphatic carbocycles. The van der Waals surface area contributed by atoms with Crippen molar-refractivity contribution in [3.05, 3.63) is 169 Å². The lowest BCUT2D eigenvalue weighted by atomic mass is 9.82. The van der Waals surface area contributed by atoms with Crippen LogP contribution in [0.25, 0.3) is 67.3 Å². The van der Waals surface area contributed by atoms with Gasteiger partial charge in [0.05, 0.1) is 11.4 Å². The van der Waals surface area contributed by atoms with Crippen LogP contribution in [0.4, 0.5) is 0 Å². The molecule has 0 unspecified atom stereocenters. The summed E-state index contributed by atoms with van der Waals surface area (Å²) in [6, 6.07) is 55.8. The van der Waals surface area contributed by atoms with E-state index in [1.807, 2.05) is 6.07 Å². The Balaban J connectivity index is 1.25. The molecule has 0 radical (unpaired) electrons. The van der Waals surface area contributed by atoms with Gasteiger partial charge in [-0.05, 0) is 50.6 Å². The molecule has 6 aromatic carbocycles. The lowest BCUT2D eigenvalue weighted by molar-refractivity contribution is 0.660. The van der Waals surface area contributed by atoms with Gasteiger partial charge in [0, 0.05) is 22.1 Å². The summed E-state index contributed by atoms with van der Waals surface area (Å²) in [5.41, 5.74) is 15.1.